The first-order valence-corrected chi connectivity index (χ1v) is 5.09. The summed E-state index contributed by atoms with van der Waals surface area (Å²) in [6.07, 6.45) is 1.82. The van der Waals surface area contributed by atoms with E-state index in [1.807, 2.05) is 18.3 Å². The molecule has 0 saturated carbocycles. The third kappa shape index (κ3) is 1.90. The fraction of sp³-hybridized carbons (Fsp3) is 0.182. The van der Waals surface area contributed by atoms with Gasteiger partial charge in [0.05, 0.1) is 23.0 Å². The largest absolute Gasteiger partial charge is 0.413 e. The first kappa shape index (κ1) is 9.88. The van der Waals surface area contributed by atoms with Crippen molar-refractivity contribution in [1.82, 2.24) is 4.73 Å². The SMILES string of the molecule is N#Cc1ccc2ccn(OCCCl)c2c1. The molecule has 15 heavy (non-hydrogen) atoms. The molecular weight excluding hydrogens is 212 g/mol. The van der Waals surface area contributed by atoms with Crippen LogP contribution in [0.2, 0.25) is 0 Å². The Morgan fingerprint density at radius 2 is 2.27 bits per heavy atom. The Morgan fingerprint density at radius 3 is 3.00 bits per heavy atom. The van der Waals surface area contributed by atoms with Crippen LogP contribution in [-0.4, -0.2) is 17.2 Å². The van der Waals surface area contributed by atoms with Gasteiger partial charge in [-0.25, -0.2) is 0 Å². The number of nitriles is 1. The Bertz CT molecular complexity index is 513. The maximum absolute atomic E-state index is 8.78. The lowest BCUT2D eigenvalue weighted by atomic mass is 10.2. The molecule has 0 radical (unpaired) electrons. The molecule has 1 aromatic carbocycles. The van der Waals surface area contributed by atoms with Gasteiger partial charge in [-0.3, -0.25) is 0 Å². The quantitative estimate of drug-likeness (QED) is 0.744. The number of hydrogen-bond donors (Lipinski definition) is 0. The predicted octanol–water partition coefficient (Wildman–Crippen LogP) is 2.18. The number of benzene rings is 1. The first-order valence-electron chi connectivity index (χ1n) is 4.55. The number of rotatable bonds is 3. The zero-order chi connectivity index (χ0) is 10.7. The molecule has 0 N–H and O–H groups in total. The molecule has 1 aromatic heterocycles. The third-order valence-electron chi connectivity index (χ3n) is 2.09. The molecule has 76 valence electrons. The van der Waals surface area contributed by atoms with Gasteiger partial charge in [-0.2, -0.15) is 9.99 Å². The molecule has 0 saturated heterocycles. The lowest BCUT2D eigenvalue weighted by Crippen LogP contribution is -2.12. The van der Waals surface area contributed by atoms with E-state index in [-0.39, 0.29) is 0 Å². The number of nitrogens with zero attached hydrogens (tertiary/aromatic N) is 2. The van der Waals surface area contributed by atoms with Crippen LogP contribution < -0.4 is 4.84 Å². The van der Waals surface area contributed by atoms with E-state index in [0.29, 0.717) is 18.1 Å². The van der Waals surface area contributed by atoms with E-state index >= 15 is 0 Å². The van der Waals surface area contributed by atoms with Gasteiger partial charge in [0.15, 0.2) is 0 Å². The minimum absolute atomic E-state index is 0.442. The van der Waals surface area contributed by atoms with Gasteiger partial charge < -0.3 is 4.84 Å². The molecule has 3 nitrogen and oxygen atoms in total. The van der Waals surface area contributed by atoms with E-state index in [0.717, 1.165) is 10.9 Å². The van der Waals surface area contributed by atoms with E-state index in [4.69, 9.17) is 21.7 Å². The average molecular weight is 221 g/mol. The summed E-state index contributed by atoms with van der Waals surface area (Å²) in [6, 6.07) is 9.51. The van der Waals surface area contributed by atoms with Crippen molar-refractivity contribution >= 4 is 22.5 Å². The normalized spacial score (nSPS) is 10.1. The third-order valence-corrected chi connectivity index (χ3v) is 2.25. The van der Waals surface area contributed by atoms with Crippen LogP contribution in [0.3, 0.4) is 0 Å². The summed E-state index contributed by atoms with van der Waals surface area (Å²) >= 11 is 5.54. The van der Waals surface area contributed by atoms with Crippen LogP contribution in [-0.2, 0) is 0 Å². The molecule has 0 bridgehead atoms. The predicted molar refractivity (Wildman–Crippen MR) is 58.8 cm³/mol. The van der Waals surface area contributed by atoms with Crippen molar-refractivity contribution in [2.75, 3.05) is 12.5 Å². The Labute approximate surface area is 92.4 Å². The highest BCUT2D eigenvalue weighted by Gasteiger charge is 2.02. The molecule has 0 aliphatic carbocycles. The van der Waals surface area contributed by atoms with Crippen molar-refractivity contribution in [3.8, 4) is 6.07 Å². The molecule has 0 unspecified atom stereocenters. The summed E-state index contributed by atoms with van der Waals surface area (Å²) in [5, 5.41) is 9.83. The molecule has 0 amide bonds. The second-order valence-corrected chi connectivity index (χ2v) is 3.43. The minimum Gasteiger partial charge on any atom is -0.413 e. The fourth-order valence-electron chi connectivity index (χ4n) is 1.42. The van der Waals surface area contributed by atoms with Crippen molar-refractivity contribution in [3.63, 3.8) is 0 Å². The van der Waals surface area contributed by atoms with E-state index in [9.17, 15) is 0 Å². The number of fused-ring (bicyclic) bond motifs is 1. The Morgan fingerprint density at radius 1 is 1.40 bits per heavy atom. The van der Waals surface area contributed by atoms with Gasteiger partial charge in [0, 0.05) is 11.6 Å². The summed E-state index contributed by atoms with van der Waals surface area (Å²) < 4.78 is 1.64. The topological polar surface area (TPSA) is 38.0 Å². The smallest absolute Gasteiger partial charge is 0.128 e. The Kier molecular flexibility index (Phi) is 2.79. The Hall–Kier alpha value is -1.66. The van der Waals surface area contributed by atoms with Crippen molar-refractivity contribution < 1.29 is 4.84 Å². The molecule has 0 fully saturated rings. The highest BCUT2D eigenvalue weighted by molar-refractivity contribution is 6.17. The van der Waals surface area contributed by atoms with E-state index in [2.05, 4.69) is 6.07 Å². The van der Waals surface area contributed by atoms with Gasteiger partial charge in [-0.05, 0) is 18.2 Å². The number of halogens is 1. The van der Waals surface area contributed by atoms with Crippen LogP contribution >= 0.6 is 11.6 Å². The monoisotopic (exact) mass is 220 g/mol. The van der Waals surface area contributed by atoms with E-state index in [1.165, 1.54) is 0 Å². The Balaban J connectivity index is 2.43. The van der Waals surface area contributed by atoms with Gasteiger partial charge >= 0.3 is 0 Å². The zero-order valence-corrected chi connectivity index (χ0v) is 8.74. The second-order valence-electron chi connectivity index (χ2n) is 3.05. The van der Waals surface area contributed by atoms with Gasteiger partial charge in [0.25, 0.3) is 0 Å². The van der Waals surface area contributed by atoms with Gasteiger partial charge in [0.1, 0.15) is 6.61 Å². The lowest BCUT2D eigenvalue weighted by molar-refractivity contribution is 0.134. The number of aromatic nitrogens is 1. The van der Waals surface area contributed by atoms with E-state index < -0.39 is 0 Å². The summed E-state index contributed by atoms with van der Waals surface area (Å²) in [7, 11) is 0. The highest BCUT2D eigenvalue weighted by atomic mass is 35.5. The van der Waals surface area contributed by atoms with Crippen LogP contribution in [0.1, 0.15) is 5.56 Å². The number of alkyl halides is 1. The van der Waals surface area contributed by atoms with Crippen LogP contribution in [0.5, 0.6) is 0 Å². The molecule has 4 heteroatoms. The van der Waals surface area contributed by atoms with Crippen molar-refractivity contribution in [3.05, 3.63) is 36.0 Å². The highest BCUT2D eigenvalue weighted by Crippen LogP contribution is 2.16. The van der Waals surface area contributed by atoms with Crippen LogP contribution in [0.25, 0.3) is 10.9 Å². The number of hydrogen-bond acceptors (Lipinski definition) is 2. The van der Waals surface area contributed by atoms with Crippen LogP contribution in [0.15, 0.2) is 30.5 Å². The summed E-state index contributed by atoms with van der Waals surface area (Å²) in [6.45, 7) is 0.447. The molecule has 2 rings (SSSR count). The maximum atomic E-state index is 8.78. The zero-order valence-electron chi connectivity index (χ0n) is 7.98. The van der Waals surface area contributed by atoms with Crippen LogP contribution in [0, 0.1) is 11.3 Å². The molecule has 0 aliphatic heterocycles. The van der Waals surface area contributed by atoms with Gasteiger partial charge in [-0.15, -0.1) is 11.6 Å². The summed E-state index contributed by atoms with van der Waals surface area (Å²) in [4.78, 5) is 5.38. The van der Waals surface area contributed by atoms with Gasteiger partial charge in [0.2, 0.25) is 0 Å². The molecule has 2 aromatic rings. The lowest BCUT2D eigenvalue weighted by Gasteiger charge is -2.05. The van der Waals surface area contributed by atoms with Gasteiger partial charge in [-0.1, -0.05) is 6.07 Å². The first-order chi connectivity index (χ1) is 7.35. The fourth-order valence-corrected chi connectivity index (χ4v) is 1.49. The molecule has 1 heterocycles. The summed E-state index contributed by atoms with van der Waals surface area (Å²) in [5.41, 5.74) is 1.51. The molecular formula is C11H9ClN2O. The van der Waals surface area contributed by atoms with Crippen molar-refractivity contribution in [2.24, 2.45) is 0 Å². The molecule has 0 aliphatic rings. The summed E-state index contributed by atoms with van der Waals surface area (Å²) in [5.74, 6) is 0.442. The molecule has 0 atom stereocenters. The van der Waals surface area contributed by atoms with Crippen molar-refractivity contribution in [2.45, 2.75) is 0 Å². The minimum atomic E-state index is 0.442. The van der Waals surface area contributed by atoms with Crippen molar-refractivity contribution in [1.29, 1.82) is 5.26 Å². The average Bonchev–Trinajstić information content (AvgIpc) is 2.68. The molecule has 0 spiro atoms. The van der Waals surface area contributed by atoms with Crippen LogP contribution in [0.4, 0.5) is 0 Å². The standard InChI is InChI=1S/C11H9ClN2O/c12-4-6-15-14-5-3-10-2-1-9(8-13)7-11(10)14/h1-3,5,7H,4,6H2. The van der Waals surface area contributed by atoms with E-state index in [1.54, 1.807) is 16.9 Å². The maximum Gasteiger partial charge on any atom is 0.128 e. The second kappa shape index (κ2) is 4.24.